The Kier molecular flexibility index (Phi) is 5.47. The maximum Gasteiger partial charge on any atom is 0.165 e. The summed E-state index contributed by atoms with van der Waals surface area (Å²) in [5, 5.41) is 4.83. The molecule has 1 aliphatic carbocycles. The smallest absolute Gasteiger partial charge is 0.165 e. The molecule has 0 saturated heterocycles. The average Bonchev–Trinajstić information content (AvgIpc) is 3.38. The number of benzene rings is 1. The van der Waals surface area contributed by atoms with Crippen molar-refractivity contribution in [3.8, 4) is 22.6 Å². The molecule has 3 aromatic rings. The highest BCUT2D eigenvalue weighted by molar-refractivity contribution is 5.80. The lowest BCUT2D eigenvalue weighted by Gasteiger charge is -2.31. The highest BCUT2D eigenvalue weighted by atomic mass is 16.5. The zero-order chi connectivity index (χ0) is 21.4. The fraction of sp³-hybridized carbons (Fsp3) is 0.520. The Morgan fingerprint density at radius 2 is 1.71 bits per heavy atom. The van der Waals surface area contributed by atoms with E-state index in [1.807, 2.05) is 18.3 Å². The second-order valence-electron chi connectivity index (χ2n) is 8.81. The number of methoxy groups -OCH3 is 2. The van der Waals surface area contributed by atoms with E-state index < -0.39 is 0 Å². The summed E-state index contributed by atoms with van der Waals surface area (Å²) >= 11 is 0. The molecular formula is C25H32N4O2. The van der Waals surface area contributed by atoms with Crippen LogP contribution in [-0.4, -0.2) is 41.4 Å². The first-order valence-electron chi connectivity index (χ1n) is 11.6. The van der Waals surface area contributed by atoms with E-state index in [0.29, 0.717) is 11.8 Å². The van der Waals surface area contributed by atoms with Crippen molar-refractivity contribution in [3.63, 3.8) is 0 Å². The van der Waals surface area contributed by atoms with Gasteiger partial charge in [0.15, 0.2) is 17.1 Å². The molecule has 2 aromatic heterocycles. The summed E-state index contributed by atoms with van der Waals surface area (Å²) in [6.07, 6.45) is 12.4. The van der Waals surface area contributed by atoms with Gasteiger partial charge in [0, 0.05) is 29.4 Å². The number of nitrogens with zero attached hydrogens (tertiary/aromatic N) is 4. The van der Waals surface area contributed by atoms with E-state index in [0.717, 1.165) is 41.2 Å². The Labute approximate surface area is 184 Å². The van der Waals surface area contributed by atoms with E-state index in [2.05, 4.69) is 22.4 Å². The van der Waals surface area contributed by atoms with E-state index in [-0.39, 0.29) is 0 Å². The lowest BCUT2D eigenvalue weighted by Crippen LogP contribution is -2.35. The zero-order valence-corrected chi connectivity index (χ0v) is 18.9. The van der Waals surface area contributed by atoms with Crippen LogP contribution in [0.25, 0.3) is 16.8 Å². The lowest BCUT2D eigenvalue weighted by molar-refractivity contribution is 0.355. The Bertz CT molecular complexity index is 1080. The van der Waals surface area contributed by atoms with Crippen LogP contribution in [0.1, 0.15) is 56.2 Å². The molecule has 3 heterocycles. The van der Waals surface area contributed by atoms with Gasteiger partial charge in [-0.3, -0.25) is 0 Å². The van der Waals surface area contributed by atoms with Gasteiger partial charge >= 0.3 is 0 Å². The summed E-state index contributed by atoms with van der Waals surface area (Å²) in [4.78, 5) is 7.63. The molecule has 0 radical (unpaired) electrons. The maximum atomic E-state index is 5.52. The summed E-state index contributed by atoms with van der Waals surface area (Å²) in [6.45, 7) is 3.22. The molecule has 6 heteroatoms. The number of aromatic nitrogens is 3. The predicted octanol–water partition coefficient (Wildman–Crippen LogP) is 5.20. The highest BCUT2D eigenvalue weighted by Crippen LogP contribution is 2.38. The summed E-state index contributed by atoms with van der Waals surface area (Å²) in [6, 6.07) is 6.61. The molecule has 0 unspecified atom stereocenters. The zero-order valence-electron chi connectivity index (χ0n) is 18.9. The van der Waals surface area contributed by atoms with Crippen molar-refractivity contribution >= 4 is 11.5 Å². The molecule has 2 aliphatic rings. The summed E-state index contributed by atoms with van der Waals surface area (Å²) < 4.78 is 13.0. The lowest BCUT2D eigenvalue weighted by atomic mass is 9.96. The standard InChI is InChI=1S/C25H32N4O2/c1-17-20-13-14-28(19-9-7-5-4-6-8-10-19)25(20)29-24(27-17)21(16-26-29)18-11-12-22(30-2)23(15-18)31-3/h11-12,15-16,19H,4-10,13-14H2,1-3H3. The van der Waals surface area contributed by atoms with E-state index in [1.165, 1.54) is 56.3 Å². The fourth-order valence-electron chi connectivity index (χ4n) is 5.36. The fourth-order valence-corrected chi connectivity index (χ4v) is 5.36. The molecule has 1 fully saturated rings. The van der Waals surface area contributed by atoms with Crippen molar-refractivity contribution in [1.29, 1.82) is 0 Å². The van der Waals surface area contributed by atoms with Crippen LogP contribution in [-0.2, 0) is 6.42 Å². The molecule has 1 aromatic carbocycles. The molecule has 6 nitrogen and oxygen atoms in total. The van der Waals surface area contributed by atoms with Crippen LogP contribution in [0, 0.1) is 6.92 Å². The normalized spacial score (nSPS) is 17.5. The first kappa shape index (κ1) is 20.2. The van der Waals surface area contributed by atoms with Gasteiger partial charge < -0.3 is 14.4 Å². The topological polar surface area (TPSA) is 51.9 Å². The maximum absolute atomic E-state index is 5.52. The second-order valence-corrected chi connectivity index (χ2v) is 8.81. The minimum Gasteiger partial charge on any atom is -0.493 e. The first-order chi connectivity index (χ1) is 15.2. The molecule has 1 aliphatic heterocycles. The van der Waals surface area contributed by atoms with Crippen molar-refractivity contribution < 1.29 is 9.47 Å². The molecule has 0 amide bonds. The third-order valence-corrected chi connectivity index (χ3v) is 7.01. The number of anilines is 1. The van der Waals surface area contributed by atoms with Gasteiger partial charge in [0.1, 0.15) is 5.82 Å². The van der Waals surface area contributed by atoms with E-state index in [9.17, 15) is 0 Å². The second kappa shape index (κ2) is 8.40. The van der Waals surface area contributed by atoms with Crippen LogP contribution in [0.2, 0.25) is 0 Å². The number of fused-ring (bicyclic) bond motifs is 3. The average molecular weight is 421 g/mol. The largest absolute Gasteiger partial charge is 0.493 e. The first-order valence-corrected chi connectivity index (χ1v) is 11.6. The van der Waals surface area contributed by atoms with Crippen LogP contribution < -0.4 is 14.4 Å². The molecule has 0 N–H and O–H groups in total. The molecule has 1 saturated carbocycles. The quantitative estimate of drug-likeness (QED) is 0.581. The van der Waals surface area contributed by atoms with Gasteiger partial charge in [-0.25, -0.2) is 4.98 Å². The van der Waals surface area contributed by atoms with Crippen molar-refractivity contribution in [2.75, 3.05) is 25.7 Å². The summed E-state index contributed by atoms with van der Waals surface area (Å²) in [5.41, 5.74) is 5.46. The van der Waals surface area contributed by atoms with E-state index in [1.54, 1.807) is 14.2 Å². The molecule has 5 rings (SSSR count). The van der Waals surface area contributed by atoms with Gasteiger partial charge in [-0.05, 0) is 43.9 Å². The number of ether oxygens (including phenoxy) is 2. The Balaban J connectivity index is 1.59. The molecular weight excluding hydrogens is 388 g/mol. The molecule has 0 spiro atoms. The molecule has 31 heavy (non-hydrogen) atoms. The Morgan fingerprint density at radius 3 is 2.45 bits per heavy atom. The van der Waals surface area contributed by atoms with Crippen LogP contribution in [0.15, 0.2) is 24.4 Å². The molecule has 164 valence electrons. The van der Waals surface area contributed by atoms with Gasteiger partial charge in [-0.15, -0.1) is 0 Å². The van der Waals surface area contributed by atoms with Crippen LogP contribution in [0.4, 0.5) is 5.82 Å². The minimum atomic E-state index is 0.611. The third-order valence-electron chi connectivity index (χ3n) is 7.01. The molecule has 0 bridgehead atoms. The predicted molar refractivity (Wildman–Crippen MR) is 123 cm³/mol. The monoisotopic (exact) mass is 420 g/mol. The summed E-state index contributed by atoms with van der Waals surface area (Å²) in [7, 11) is 3.32. The van der Waals surface area contributed by atoms with Gasteiger partial charge in [0.2, 0.25) is 0 Å². The minimum absolute atomic E-state index is 0.611. The number of hydrogen-bond acceptors (Lipinski definition) is 5. The number of hydrogen-bond donors (Lipinski definition) is 0. The highest BCUT2D eigenvalue weighted by Gasteiger charge is 2.31. The van der Waals surface area contributed by atoms with E-state index in [4.69, 9.17) is 19.6 Å². The number of aryl methyl sites for hydroxylation is 1. The third kappa shape index (κ3) is 3.52. The van der Waals surface area contributed by atoms with Crippen molar-refractivity contribution in [2.24, 2.45) is 0 Å². The van der Waals surface area contributed by atoms with E-state index >= 15 is 0 Å². The summed E-state index contributed by atoms with van der Waals surface area (Å²) in [5.74, 6) is 2.70. The van der Waals surface area contributed by atoms with Crippen molar-refractivity contribution in [3.05, 3.63) is 35.7 Å². The number of rotatable bonds is 4. The molecule has 0 atom stereocenters. The van der Waals surface area contributed by atoms with Crippen LogP contribution >= 0.6 is 0 Å². The van der Waals surface area contributed by atoms with Gasteiger partial charge in [-0.1, -0.05) is 38.2 Å². The van der Waals surface area contributed by atoms with Gasteiger partial charge in [0.25, 0.3) is 0 Å². The van der Waals surface area contributed by atoms with Crippen molar-refractivity contribution in [2.45, 2.75) is 64.3 Å². The van der Waals surface area contributed by atoms with Gasteiger partial charge in [-0.2, -0.15) is 9.61 Å². The Hall–Kier alpha value is -2.76. The van der Waals surface area contributed by atoms with Crippen LogP contribution in [0.5, 0.6) is 11.5 Å². The van der Waals surface area contributed by atoms with Crippen molar-refractivity contribution in [1.82, 2.24) is 14.6 Å². The Morgan fingerprint density at radius 1 is 0.968 bits per heavy atom. The SMILES string of the molecule is COc1ccc(-c2cnn3c4c(c(C)nc23)CCN4C2CCCCCCC2)cc1OC. The van der Waals surface area contributed by atoms with Crippen LogP contribution in [0.3, 0.4) is 0 Å². The van der Waals surface area contributed by atoms with Gasteiger partial charge in [0.05, 0.1) is 20.4 Å².